The van der Waals surface area contributed by atoms with Gasteiger partial charge in [0, 0.05) is 19.3 Å². The van der Waals surface area contributed by atoms with E-state index in [2.05, 4.69) is 106 Å². The van der Waals surface area contributed by atoms with Crippen LogP contribution >= 0.6 is 0 Å². The Labute approximate surface area is 375 Å². The molecule has 0 aliphatic heterocycles. The molecular formula is C55H92O6. The van der Waals surface area contributed by atoms with Gasteiger partial charge in [-0.1, -0.05) is 202 Å². The van der Waals surface area contributed by atoms with Crippen LogP contribution in [0, 0.1) is 0 Å². The molecule has 0 spiro atoms. The quantitative estimate of drug-likeness (QED) is 0.0263. The van der Waals surface area contributed by atoms with Crippen LogP contribution in [-0.2, 0) is 28.6 Å². The molecule has 0 aromatic carbocycles. The molecule has 0 aromatic heterocycles. The van der Waals surface area contributed by atoms with Crippen LogP contribution in [0.15, 0.2) is 85.1 Å². The van der Waals surface area contributed by atoms with Gasteiger partial charge >= 0.3 is 17.9 Å². The van der Waals surface area contributed by atoms with Gasteiger partial charge in [0.25, 0.3) is 0 Å². The largest absolute Gasteiger partial charge is 0.462 e. The van der Waals surface area contributed by atoms with E-state index in [0.717, 1.165) is 128 Å². The lowest BCUT2D eigenvalue weighted by molar-refractivity contribution is -0.167. The molecule has 0 fully saturated rings. The fourth-order valence-corrected chi connectivity index (χ4v) is 6.62. The van der Waals surface area contributed by atoms with Crippen LogP contribution in [0.5, 0.6) is 0 Å². The lowest BCUT2D eigenvalue weighted by Gasteiger charge is -2.18. The summed E-state index contributed by atoms with van der Waals surface area (Å²) in [6, 6.07) is 0. The summed E-state index contributed by atoms with van der Waals surface area (Å²) in [5.74, 6) is -0.922. The van der Waals surface area contributed by atoms with Crippen LogP contribution in [0.1, 0.15) is 226 Å². The van der Waals surface area contributed by atoms with Crippen LogP contribution in [0.3, 0.4) is 0 Å². The first-order valence-electron chi connectivity index (χ1n) is 25.1. The fraction of sp³-hybridized carbons (Fsp3) is 0.691. The Balaban J connectivity index is 4.26. The van der Waals surface area contributed by atoms with Gasteiger partial charge in [-0.3, -0.25) is 14.4 Å². The Morgan fingerprint density at radius 2 is 0.672 bits per heavy atom. The third-order valence-electron chi connectivity index (χ3n) is 10.4. The van der Waals surface area contributed by atoms with E-state index in [-0.39, 0.29) is 31.1 Å². The third-order valence-corrected chi connectivity index (χ3v) is 10.4. The number of allylic oxidation sites excluding steroid dienone is 14. The molecule has 0 rings (SSSR count). The van der Waals surface area contributed by atoms with Crippen molar-refractivity contribution in [3.63, 3.8) is 0 Å². The normalized spacial score (nSPS) is 12.8. The molecule has 0 saturated carbocycles. The molecular weight excluding hydrogens is 757 g/mol. The summed E-state index contributed by atoms with van der Waals surface area (Å²) in [6.07, 6.45) is 63.0. The predicted molar refractivity (Wildman–Crippen MR) is 261 cm³/mol. The molecule has 0 heterocycles. The number of ether oxygens (including phenoxy) is 3. The summed E-state index contributed by atoms with van der Waals surface area (Å²) in [6.45, 7) is 6.38. The lowest BCUT2D eigenvalue weighted by Crippen LogP contribution is -2.30. The first kappa shape index (κ1) is 57.6. The van der Waals surface area contributed by atoms with E-state index in [9.17, 15) is 14.4 Å². The van der Waals surface area contributed by atoms with Crippen LogP contribution in [0.4, 0.5) is 0 Å². The predicted octanol–water partition coefficient (Wildman–Crippen LogP) is 16.4. The Kier molecular flexibility index (Phi) is 46.5. The molecule has 0 aliphatic carbocycles. The summed E-state index contributed by atoms with van der Waals surface area (Å²) in [5.41, 5.74) is 0. The van der Waals surface area contributed by atoms with Gasteiger partial charge in [0.2, 0.25) is 0 Å². The average Bonchev–Trinajstić information content (AvgIpc) is 3.26. The van der Waals surface area contributed by atoms with Crippen molar-refractivity contribution in [3.8, 4) is 0 Å². The lowest BCUT2D eigenvalue weighted by atomic mass is 10.1. The van der Waals surface area contributed by atoms with Crippen molar-refractivity contribution in [2.24, 2.45) is 0 Å². The van der Waals surface area contributed by atoms with Crippen LogP contribution in [0.25, 0.3) is 0 Å². The average molecular weight is 849 g/mol. The topological polar surface area (TPSA) is 78.9 Å². The molecule has 0 N–H and O–H groups in total. The van der Waals surface area contributed by atoms with Crippen LogP contribution in [0.2, 0.25) is 0 Å². The van der Waals surface area contributed by atoms with Crippen molar-refractivity contribution >= 4 is 17.9 Å². The minimum Gasteiger partial charge on any atom is -0.462 e. The molecule has 348 valence electrons. The van der Waals surface area contributed by atoms with Crippen molar-refractivity contribution in [2.75, 3.05) is 13.2 Å². The minimum absolute atomic E-state index is 0.0860. The highest BCUT2D eigenvalue weighted by molar-refractivity contribution is 5.71. The van der Waals surface area contributed by atoms with Gasteiger partial charge in [0.05, 0.1) is 0 Å². The maximum atomic E-state index is 12.7. The van der Waals surface area contributed by atoms with E-state index >= 15 is 0 Å². The Morgan fingerprint density at radius 1 is 0.344 bits per heavy atom. The van der Waals surface area contributed by atoms with E-state index in [1.165, 1.54) is 57.8 Å². The van der Waals surface area contributed by atoms with E-state index < -0.39 is 6.10 Å². The number of unbranched alkanes of at least 4 members (excludes halogenated alkanes) is 19. The van der Waals surface area contributed by atoms with Gasteiger partial charge in [-0.2, -0.15) is 0 Å². The SMILES string of the molecule is CC/C=C\C/C=C\C/C=C\C/C=C\C/C=C\CCCCCCCCCC(=O)OCC(COC(=O)CCCCCCCCC)OC(=O)CCCCCCC/C=C\C/C=C\CCC. The molecule has 1 unspecified atom stereocenters. The van der Waals surface area contributed by atoms with Gasteiger partial charge in [0.1, 0.15) is 13.2 Å². The van der Waals surface area contributed by atoms with Crippen molar-refractivity contribution < 1.29 is 28.6 Å². The van der Waals surface area contributed by atoms with Crippen molar-refractivity contribution in [1.82, 2.24) is 0 Å². The van der Waals surface area contributed by atoms with E-state index in [4.69, 9.17) is 14.2 Å². The highest BCUT2D eigenvalue weighted by Gasteiger charge is 2.19. The van der Waals surface area contributed by atoms with Crippen LogP contribution < -0.4 is 0 Å². The van der Waals surface area contributed by atoms with Crippen molar-refractivity contribution in [3.05, 3.63) is 85.1 Å². The van der Waals surface area contributed by atoms with Crippen molar-refractivity contribution in [2.45, 2.75) is 232 Å². The molecule has 0 amide bonds. The number of carbonyl (C=O) groups is 3. The van der Waals surface area contributed by atoms with Gasteiger partial charge in [-0.15, -0.1) is 0 Å². The molecule has 0 saturated heterocycles. The third kappa shape index (κ3) is 47.5. The second-order valence-electron chi connectivity index (χ2n) is 16.3. The van der Waals surface area contributed by atoms with Gasteiger partial charge < -0.3 is 14.2 Å². The molecule has 0 bridgehead atoms. The van der Waals surface area contributed by atoms with E-state index in [0.29, 0.717) is 19.3 Å². The number of carbonyl (C=O) groups excluding carboxylic acids is 3. The standard InChI is InChI=1S/C55H92O6/c1-4-7-10-13-16-18-20-22-23-24-25-26-27-28-29-30-31-33-34-36-39-42-45-48-54(57)60-51-52(50-59-53(56)47-44-41-38-15-12-9-6-3)61-55(58)49-46-43-40-37-35-32-21-19-17-14-11-8-5-2/h7,10-11,14,16,18-19,21-23,25-26,28-29,52H,4-6,8-9,12-13,15,17,20,24,27,30-51H2,1-3H3/b10-7-,14-11-,18-16-,21-19-,23-22-,26-25-,29-28-. The zero-order valence-electron chi connectivity index (χ0n) is 39.7. The summed E-state index contributed by atoms with van der Waals surface area (Å²) >= 11 is 0. The number of esters is 3. The molecule has 61 heavy (non-hydrogen) atoms. The molecule has 6 nitrogen and oxygen atoms in total. The summed E-state index contributed by atoms with van der Waals surface area (Å²) in [4.78, 5) is 37.7. The highest BCUT2D eigenvalue weighted by Crippen LogP contribution is 2.13. The van der Waals surface area contributed by atoms with Crippen molar-refractivity contribution in [1.29, 1.82) is 0 Å². The Hall–Kier alpha value is -3.41. The molecule has 1 atom stereocenters. The van der Waals surface area contributed by atoms with Gasteiger partial charge in [0.15, 0.2) is 6.10 Å². The maximum absolute atomic E-state index is 12.7. The first-order valence-corrected chi connectivity index (χ1v) is 25.1. The zero-order chi connectivity index (χ0) is 44.4. The van der Waals surface area contributed by atoms with E-state index in [1.807, 2.05) is 0 Å². The zero-order valence-corrected chi connectivity index (χ0v) is 39.7. The summed E-state index contributed by atoms with van der Waals surface area (Å²) in [5, 5.41) is 0. The summed E-state index contributed by atoms with van der Waals surface area (Å²) < 4.78 is 16.7. The second-order valence-corrected chi connectivity index (χ2v) is 16.3. The maximum Gasteiger partial charge on any atom is 0.306 e. The molecule has 0 aromatic rings. The Bertz CT molecular complexity index is 1200. The molecule has 6 heteroatoms. The fourth-order valence-electron chi connectivity index (χ4n) is 6.62. The molecule has 0 radical (unpaired) electrons. The Morgan fingerprint density at radius 3 is 1.07 bits per heavy atom. The smallest absolute Gasteiger partial charge is 0.306 e. The number of rotatable bonds is 44. The number of hydrogen-bond acceptors (Lipinski definition) is 6. The van der Waals surface area contributed by atoms with Gasteiger partial charge in [-0.05, 0) is 89.9 Å². The highest BCUT2D eigenvalue weighted by atomic mass is 16.6. The van der Waals surface area contributed by atoms with Gasteiger partial charge in [-0.25, -0.2) is 0 Å². The van der Waals surface area contributed by atoms with E-state index in [1.54, 1.807) is 0 Å². The summed E-state index contributed by atoms with van der Waals surface area (Å²) in [7, 11) is 0. The second kappa shape index (κ2) is 49.2. The van der Waals surface area contributed by atoms with Crippen LogP contribution in [-0.4, -0.2) is 37.2 Å². The molecule has 0 aliphatic rings. The minimum atomic E-state index is -0.785. The first-order chi connectivity index (χ1) is 30.0. The number of hydrogen-bond donors (Lipinski definition) is 0. The monoisotopic (exact) mass is 849 g/mol.